The average Bonchev–Trinajstić information content (AvgIpc) is 2.65. The van der Waals surface area contributed by atoms with Crippen LogP contribution in [0, 0.1) is 11.8 Å². The number of nitrogens with two attached hydrogens (primary N) is 1. The van der Waals surface area contributed by atoms with Crippen molar-refractivity contribution in [3.05, 3.63) is 12.7 Å². The van der Waals surface area contributed by atoms with Crippen LogP contribution in [0.15, 0.2) is 12.7 Å². The molecule has 0 aromatic heterocycles. The lowest BCUT2D eigenvalue weighted by Crippen LogP contribution is -2.46. The quantitative estimate of drug-likeness (QED) is 0.136. The molecule has 0 spiro atoms. The number of ether oxygens (including phenoxy) is 2. The Morgan fingerprint density at radius 2 is 1.55 bits per heavy atom. The Morgan fingerprint density at radius 3 is 2.06 bits per heavy atom. The highest BCUT2D eigenvalue weighted by Crippen LogP contribution is 2.20. The first kappa shape index (κ1) is 28.0. The Hall–Kier alpha value is -2.99. The van der Waals surface area contributed by atoms with Crippen LogP contribution in [0.4, 0.5) is 0 Å². The number of carboxylic acid groups (broad SMARTS) is 2. The number of primary amides is 1. The van der Waals surface area contributed by atoms with Crippen LogP contribution in [-0.4, -0.2) is 78.4 Å². The molecule has 2 atom stereocenters. The standard InChI is InChI=1S/C19H31N3O9/c1-4-15(24)22-19(2,3)11-31-8-7-30-6-5-21-16(25)10-13(18(28)29)12(17(26)27)9-14(20)23/h4,12-13H,1,5-11H2,2-3H3,(H2,20,23)(H,21,25)(H,22,24)(H,26,27)(H,28,29). The van der Waals surface area contributed by atoms with Gasteiger partial charge >= 0.3 is 11.9 Å². The van der Waals surface area contributed by atoms with Gasteiger partial charge in [0.25, 0.3) is 0 Å². The number of carbonyl (C=O) groups excluding carboxylic acids is 3. The Kier molecular flexibility index (Phi) is 12.7. The molecular weight excluding hydrogens is 414 g/mol. The second-order valence-corrected chi connectivity index (χ2v) is 7.36. The van der Waals surface area contributed by atoms with Gasteiger partial charge in [0.05, 0.1) is 43.8 Å². The third-order valence-electron chi connectivity index (χ3n) is 4.00. The Labute approximate surface area is 180 Å². The SMILES string of the molecule is C=CC(=O)NC(C)(C)COCCOCCNC(=O)CC(C(=O)O)C(CC(N)=O)C(=O)O. The van der Waals surface area contributed by atoms with E-state index >= 15 is 0 Å². The highest BCUT2D eigenvalue weighted by Gasteiger charge is 2.36. The molecule has 0 rings (SSSR count). The number of carboxylic acids is 2. The van der Waals surface area contributed by atoms with Crippen molar-refractivity contribution in [2.45, 2.75) is 32.2 Å². The summed E-state index contributed by atoms with van der Waals surface area (Å²) in [4.78, 5) is 56.7. The van der Waals surface area contributed by atoms with Gasteiger partial charge in [-0.05, 0) is 19.9 Å². The first-order valence-electron chi connectivity index (χ1n) is 9.50. The Morgan fingerprint density at radius 1 is 1.00 bits per heavy atom. The van der Waals surface area contributed by atoms with E-state index in [-0.39, 0.29) is 38.9 Å². The largest absolute Gasteiger partial charge is 0.481 e. The lowest BCUT2D eigenvalue weighted by molar-refractivity contribution is -0.156. The fourth-order valence-corrected chi connectivity index (χ4v) is 2.52. The number of carbonyl (C=O) groups is 5. The average molecular weight is 445 g/mol. The number of rotatable bonds is 17. The zero-order valence-electron chi connectivity index (χ0n) is 17.7. The monoisotopic (exact) mass is 445 g/mol. The molecule has 0 heterocycles. The van der Waals surface area contributed by atoms with Gasteiger partial charge in [-0.3, -0.25) is 24.0 Å². The van der Waals surface area contributed by atoms with Crippen LogP contribution in [0.1, 0.15) is 26.7 Å². The maximum absolute atomic E-state index is 11.9. The maximum Gasteiger partial charge on any atom is 0.307 e. The molecule has 0 aliphatic carbocycles. The first-order chi connectivity index (χ1) is 14.4. The minimum absolute atomic E-state index is 0.0691. The lowest BCUT2D eigenvalue weighted by atomic mass is 9.86. The van der Waals surface area contributed by atoms with E-state index in [1.165, 1.54) is 0 Å². The highest BCUT2D eigenvalue weighted by molar-refractivity contribution is 5.89. The fourth-order valence-electron chi connectivity index (χ4n) is 2.52. The molecule has 0 radical (unpaired) electrons. The number of hydrogen-bond donors (Lipinski definition) is 5. The van der Waals surface area contributed by atoms with Crippen LogP contribution in [-0.2, 0) is 33.4 Å². The van der Waals surface area contributed by atoms with Gasteiger partial charge in [0.15, 0.2) is 0 Å². The zero-order chi connectivity index (χ0) is 24.0. The Bertz CT molecular complexity index is 664. The zero-order valence-corrected chi connectivity index (χ0v) is 17.7. The molecule has 176 valence electrons. The predicted octanol–water partition coefficient (Wildman–Crippen LogP) is -1.12. The summed E-state index contributed by atoms with van der Waals surface area (Å²) in [6.45, 7) is 7.84. The summed E-state index contributed by atoms with van der Waals surface area (Å²) >= 11 is 0. The van der Waals surface area contributed by atoms with Crippen LogP contribution in [0.5, 0.6) is 0 Å². The summed E-state index contributed by atoms with van der Waals surface area (Å²) in [5.74, 6) is -8.20. The van der Waals surface area contributed by atoms with Crippen LogP contribution >= 0.6 is 0 Å². The van der Waals surface area contributed by atoms with Crippen molar-refractivity contribution in [1.82, 2.24) is 10.6 Å². The summed E-state index contributed by atoms with van der Waals surface area (Å²) in [6, 6.07) is 0. The smallest absolute Gasteiger partial charge is 0.307 e. The van der Waals surface area contributed by atoms with Crippen molar-refractivity contribution in [1.29, 1.82) is 0 Å². The molecule has 3 amide bonds. The van der Waals surface area contributed by atoms with Crippen molar-refractivity contribution in [2.24, 2.45) is 17.6 Å². The van der Waals surface area contributed by atoms with E-state index in [2.05, 4.69) is 17.2 Å². The second kappa shape index (κ2) is 14.1. The van der Waals surface area contributed by atoms with Gasteiger partial charge in [0, 0.05) is 19.4 Å². The lowest BCUT2D eigenvalue weighted by Gasteiger charge is -2.25. The van der Waals surface area contributed by atoms with Gasteiger partial charge in [-0.1, -0.05) is 6.58 Å². The third kappa shape index (κ3) is 13.0. The van der Waals surface area contributed by atoms with Crippen LogP contribution in [0.25, 0.3) is 0 Å². The van der Waals surface area contributed by atoms with Gasteiger partial charge in [0.1, 0.15) is 0 Å². The summed E-state index contributed by atoms with van der Waals surface area (Å²) in [7, 11) is 0. The molecule has 6 N–H and O–H groups in total. The van der Waals surface area contributed by atoms with Gasteiger partial charge < -0.3 is 36.1 Å². The van der Waals surface area contributed by atoms with Crippen LogP contribution < -0.4 is 16.4 Å². The molecule has 0 fully saturated rings. The molecule has 31 heavy (non-hydrogen) atoms. The van der Waals surface area contributed by atoms with Gasteiger partial charge in [-0.15, -0.1) is 0 Å². The van der Waals surface area contributed by atoms with Crippen molar-refractivity contribution >= 4 is 29.7 Å². The molecule has 12 heteroatoms. The highest BCUT2D eigenvalue weighted by atomic mass is 16.5. The molecule has 0 aliphatic rings. The van der Waals surface area contributed by atoms with E-state index in [0.717, 1.165) is 6.08 Å². The summed E-state index contributed by atoms with van der Waals surface area (Å²) in [5.41, 5.74) is 4.37. The minimum atomic E-state index is -1.60. The molecule has 0 saturated heterocycles. The minimum Gasteiger partial charge on any atom is -0.481 e. The van der Waals surface area contributed by atoms with Gasteiger partial charge in [-0.2, -0.15) is 0 Å². The molecule has 2 unspecified atom stereocenters. The third-order valence-corrected chi connectivity index (χ3v) is 4.00. The second-order valence-electron chi connectivity index (χ2n) is 7.36. The molecular formula is C19H31N3O9. The number of hydrogen-bond acceptors (Lipinski definition) is 7. The summed E-state index contributed by atoms with van der Waals surface area (Å²) < 4.78 is 10.7. The molecule has 12 nitrogen and oxygen atoms in total. The predicted molar refractivity (Wildman–Crippen MR) is 108 cm³/mol. The van der Waals surface area contributed by atoms with Gasteiger partial charge in [0.2, 0.25) is 17.7 Å². The summed E-state index contributed by atoms with van der Waals surface area (Å²) in [6.07, 6.45) is -0.137. The van der Waals surface area contributed by atoms with E-state index in [0.29, 0.717) is 0 Å². The van der Waals surface area contributed by atoms with Gasteiger partial charge in [-0.25, -0.2) is 0 Å². The van der Waals surface area contributed by atoms with Crippen LogP contribution in [0.3, 0.4) is 0 Å². The molecule has 0 aliphatic heterocycles. The van der Waals surface area contributed by atoms with E-state index in [1.54, 1.807) is 13.8 Å². The molecule has 0 bridgehead atoms. The van der Waals surface area contributed by atoms with E-state index in [4.69, 9.17) is 20.3 Å². The summed E-state index contributed by atoms with van der Waals surface area (Å²) in [5, 5.41) is 23.4. The Balaban J connectivity index is 4.18. The topological polar surface area (TPSA) is 194 Å². The number of aliphatic carboxylic acids is 2. The van der Waals surface area contributed by atoms with E-state index in [1.807, 2.05) is 0 Å². The van der Waals surface area contributed by atoms with Crippen molar-refractivity contribution in [3.8, 4) is 0 Å². The van der Waals surface area contributed by atoms with Crippen molar-refractivity contribution in [2.75, 3.05) is 33.0 Å². The first-order valence-corrected chi connectivity index (χ1v) is 9.50. The normalized spacial score (nSPS) is 13.0. The number of nitrogens with one attached hydrogen (secondary N) is 2. The molecule has 0 aromatic rings. The molecule has 0 saturated carbocycles. The van der Waals surface area contributed by atoms with Crippen LogP contribution in [0.2, 0.25) is 0 Å². The fraction of sp³-hybridized carbons (Fsp3) is 0.632. The van der Waals surface area contributed by atoms with Crippen molar-refractivity contribution in [3.63, 3.8) is 0 Å². The van der Waals surface area contributed by atoms with E-state index < -0.39 is 54.0 Å². The number of amides is 3. The van der Waals surface area contributed by atoms with Crippen molar-refractivity contribution < 1.29 is 43.7 Å². The molecule has 0 aromatic carbocycles. The van der Waals surface area contributed by atoms with E-state index in [9.17, 15) is 29.1 Å². The maximum atomic E-state index is 11.9.